The van der Waals surface area contributed by atoms with Crippen LogP contribution in [0.25, 0.3) is 0 Å². The number of aromatic nitrogens is 3. The second-order valence-corrected chi connectivity index (χ2v) is 5.36. The molecule has 0 fully saturated rings. The molecule has 20 heavy (non-hydrogen) atoms. The first kappa shape index (κ1) is 13.1. The molecule has 0 aliphatic carbocycles. The largest absolute Gasteiger partial charge is 0.493 e. The number of hydrogen-bond donors (Lipinski definition) is 1. The highest BCUT2D eigenvalue weighted by Crippen LogP contribution is 2.15. The van der Waals surface area contributed by atoms with Crippen molar-refractivity contribution in [1.82, 2.24) is 14.8 Å². The van der Waals surface area contributed by atoms with Gasteiger partial charge in [-0.25, -0.2) is 0 Å². The maximum atomic E-state index is 6.01. The first-order valence-corrected chi connectivity index (χ1v) is 7.08. The van der Waals surface area contributed by atoms with Crippen LogP contribution in [0.5, 0.6) is 5.75 Å². The van der Waals surface area contributed by atoms with Crippen molar-refractivity contribution < 1.29 is 4.74 Å². The Morgan fingerprint density at radius 3 is 3.15 bits per heavy atom. The van der Waals surface area contributed by atoms with Crippen molar-refractivity contribution in [1.29, 1.82) is 0 Å². The lowest BCUT2D eigenvalue weighted by atomic mass is 10.1. The van der Waals surface area contributed by atoms with E-state index in [1.807, 2.05) is 18.2 Å². The van der Waals surface area contributed by atoms with Gasteiger partial charge in [-0.1, -0.05) is 12.1 Å². The normalized spacial score (nSPS) is 17.8. The van der Waals surface area contributed by atoms with Crippen LogP contribution in [0.15, 0.2) is 24.3 Å². The number of nitrogens with zero attached hydrogens (tertiary/aromatic N) is 3. The molecule has 1 aliphatic rings. The van der Waals surface area contributed by atoms with Crippen molar-refractivity contribution in [2.45, 2.75) is 38.8 Å². The van der Waals surface area contributed by atoms with Gasteiger partial charge in [0, 0.05) is 25.4 Å². The van der Waals surface area contributed by atoms with Gasteiger partial charge in [-0.05, 0) is 31.0 Å². The number of nitrogens with two attached hydrogens (primary N) is 1. The van der Waals surface area contributed by atoms with E-state index in [1.165, 1.54) is 5.56 Å². The lowest BCUT2D eigenvalue weighted by Gasteiger charge is -2.20. The Kier molecular flexibility index (Phi) is 3.69. The fourth-order valence-corrected chi connectivity index (χ4v) is 2.56. The average molecular weight is 272 g/mol. The number of fused-ring (bicyclic) bond motifs is 1. The van der Waals surface area contributed by atoms with E-state index in [0.717, 1.165) is 43.2 Å². The summed E-state index contributed by atoms with van der Waals surface area (Å²) in [6.07, 6.45) is 2.68. The average Bonchev–Trinajstić information content (AvgIpc) is 2.82. The second-order valence-electron chi connectivity index (χ2n) is 5.36. The molecule has 0 amide bonds. The third-order valence-electron chi connectivity index (χ3n) is 3.64. The van der Waals surface area contributed by atoms with Gasteiger partial charge >= 0.3 is 0 Å². The molecule has 0 bridgehead atoms. The molecule has 0 spiro atoms. The molecule has 0 saturated heterocycles. The molecule has 0 saturated carbocycles. The number of ether oxygens (including phenoxy) is 1. The number of aryl methyl sites for hydroxylation is 2. The maximum Gasteiger partial charge on any atom is 0.136 e. The predicted molar refractivity (Wildman–Crippen MR) is 76.7 cm³/mol. The van der Waals surface area contributed by atoms with Crippen LogP contribution in [0.3, 0.4) is 0 Å². The summed E-state index contributed by atoms with van der Waals surface area (Å²) >= 11 is 0. The molecule has 1 aromatic carbocycles. The van der Waals surface area contributed by atoms with Gasteiger partial charge in [-0.2, -0.15) is 0 Å². The van der Waals surface area contributed by atoms with Crippen LogP contribution in [0.2, 0.25) is 0 Å². The molecular weight excluding hydrogens is 252 g/mol. The fourth-order valence-electron chi connectivity index (χ4n) is 2.56. The Morgan fingerprint density at radius 2 is 2.30 bits per heavy atom. The molecule has 1 unspecified atom stereocenters. The van der Waals surface area contributed by atoms with E-state index in [9.17, 15) is 0 Å². The van der Waals surface area contributed by atoms with E-state index in [4.69, 9.17) is 10.5 Å². The summed E-state index contributed by atoms with van der Waals surface area (Å²) in [7, 11) is 0. The third-order valence-corrected chi connectivity index (χ3v) is 3.64. The lowest BCUT2D eigenvalue weighted by Crippen LogP contribution is -2.33. The van der Waals surface area contributed by atoms with Crippen LogP contribution in [0.4, 0.5) is 0 Å². The Labute approximate surface area is 118 Å². The van der Waals surface area contributed by atoms with E-state index >= 15 is 0 Å². The fraction of sp³-hybridized carbons (Fsp3) is 0.467. The molecule has 2 aromatic rings. The highest BCUT2D eigenvalue weighted by Gasteiger charge is 2.20. The smallest absolute Gasteiger partial charge is 0.136 e. The summed E-state index contributed by atoms with van der Waals surface area (Å²) in [6, 6.07) is 8.29. The molecule has 0 radical (unpaired) electrons. The topological polar surface area (TPSA) is 66.0 Å². The van der Waals surface area contributed by atoms with Crippen molar-refractivity contribution >= 4 is 0 Å². The first-order valence-electron chi connectivity index (χ1n) is 7.08. The van der Waals surface area contributed by atoms with Gasteiger partial charge in [0.2, 0.25) is 0 Å². The Morgan fingerprint density at radius 1 is 1.40 bits per heavy atom. The highest BCUT2D eigenvalue weighted by molar-refractivity contribution is 5.27. The number of hydrogen-bond acceptors (Lipinski definition) is 4. The van der Waals surface area contributed by atoms with Gasteiger partial charge in [0.05, 0.1) is 6.61 Å². The Hall–Kier alpha value is -1.88. The van der Waals surface area contributed by atoms with Gasteiger partial charge in [0.1, 0.15) is 17.4 Å². The summed E-state index contributed by atoms with van der Waals surface area (Å²) in [5.74, 6) is 2.93. The lowest BCUT2D eigenvalue weighted by molar-refractivity contribution is 0.314. The minimum atomic E-state index is 0.218. The Bertz CT molecular complexity index is 593. The van der Waals surface area contributed by atoms with Gasteiger partial charge in [0.25, 0.3) is 0 Å². The van der Waals surface area contributed by atoms with Crippen LogP contribution in [-0.4, -0.2) is 27.4 Å². The summed E-state index contributed by atoms with van der Waals surface area (Å²) in [6.45, 7) is 3.49. The zero-order valence-electron chi connectivity index (χ0n) is 11.7. The van der Waals surface area contributed by atoms with E-state index in [1.54, 1.807) is 0 Å². The second kappa shape index (κ2) is 5.63. The molecular formula is C15H20N4O. The van der Waals surface area contributed by atoms with Crippen LogP contribution in [0.1, 0.15) is 23.6 Å². The molecule has 5 nitrogen and oxygen atoms in total. The van der Waals surface area contributed by atoms with Gasteiger partial charge in [-0.3, -0.25) is 0 Å². The zero-order chi connectivity index (χ0) is 13.9. The van der Waals surface area contributed by atoms with Crippen molar-refractivity contribution in [2.24, 2.45) is 5.73 Å². The van der Waals surface area contributed by atoms with E-state index in [0.29, 0.717) is 6.61 Å². The van der Waals surface area contributed by atoms with Gasteiger partial charge in [0.15, 0.2) is 0 Å². The van der Waals surface area contributed by atoms with Crippen molar-refractivity contribution in [3.63, 3.8) is 0 Å². The van der Waals surface area contributed by atoms with Crippen LogP contribution < -0.4 is 10.5 Å². The first-order chi connectivity index (χ1) is 9.72. The molecule has 1 aromatic heterocycles. The summed E-state index contributed by atoms with van der Waals surface area (Å²) in [5.41, 5.74) is 7.21. The molecule has 2 heterocycles. The third kappa shape index (κ3) is 2.82. The van der Waals surface area contributed by atoms with Crippen molar-refractivity contribution in [2.75, 3.05) is 6.61 Å². The maximum absolute atomic E-state index is 6.01. The molecule has 106 valence electrons. The van der Waals surface area contributed by atoms with Crippen molar-refractivity contribution in [3.8, 4) is 5.75 Å². The molecule has 5 heteroatoms. The van der Waals surface area contributed by atoms with E-state index in [-0.39, 0.29) is 6.04 Å². The summed E-state index contributed by atoms with van der Waals surface area (Å²) in [5, 5.41) is 8.49. The minimum Gasteiger partial charge on any atom is -0.493 e. The summed E-state index contributed by atoms with van der Waals surface area (Å²) in [4.78, 5) is 0. The van der Waals surface area contributed by atoms with E-state index in [2.05, 4.69) is 27.8 Å². The quantitative estimate of drug-likeness (QED) is 0.915. The summed E-state index contributed by atoms with van der Waals surface area (Å²) < 4.78 is 7.91. The number of rotatable bonds is 4. The molecule has 1 aliphatic heterocycles. The zero-order valence-corrected chi connectivity index (χ0v) is 11.7. The standard InChI is InChI=1S/C15H20N4O/c1-11-3-2-4-13(9-11)20-8-7-15-18-17-14-6-5-12(16)10-19(14)15/h2-4,9,12H,5-8,10,16H2,1H3. The van der Waals surface area contributed by atoms with Crippen LogP contribution >= 0.6 is 0 Å². The highest BCUT2D eigenvalue weighted by atomic mass is 16.5. The SMILES string of the molecule is Cc1cccc(OCCc2nnc3n2CC(N)CC3)c1. The molecule has 2 N–H and O–H groups in total. The minimum absolute atomic E-state index is 0.218. The molecule has 3 rings (SSSR count). The predicted octanol–water partition coefficient (Wildman–Crippen LogP) is 1.48. The van der Waals surface area contributed by atoms with E-state index < -0.39 is 0 Å². The van der Waals surface area contributed by atoms with Crippen LogP contribution in [0, 0.1) is 6.92 Å². The van der Waals surface area contributed by atoms with Crippen LogP contribution in [-0.2, 0) is 19.4 Å². The van der Waals surface area contributed by atoms with Gasteiger partial charge in [-0.15, -0.1) is 10.2 Å². The molecule has 1 atom stereocenters. The number of benzene rings is 1. The van der Waals surface area contributed by atoms with Gasteiger partial charge < -0.3 is 15.0 Å². The monoisotopic (exact) mass is 272 g/mol. The van der Waals surface area contributed by atoms with Crippen molar-refractivity contribution in [3.05, 3.63) is 41.5 Å². The Balaban J connectivity index is 1.60.